The molecule has 1 aromatic heterocycles. The summed E-state index contributed by atoms with van der Waals surface area (Å²) in [5, 5.41) is 28.6. The number of ether oxygens (including phenoxy) is 2. The first-order valence-corrected chi connectivity index (χ1v) is 11.5. The largest absolute Gasteiger partial charge is 0.497 e. The molecule has 0 unspecified atom stereocenters. The number of pyridine rings is 1. The molecule has 3 aromatic rings. The number of fused-ring (bicyclic) bond motifs is 1. The first-order chi connectivity index (χ1) is 17.6. The lowest BCUT2D eigenvalue weighted by Crippen LogP contribution is -2.34. The maximum absolute atomic E-state index is 11.4. The van der Waals surface area contributed by atoms with Crippen molar-refractivity contribution in [1.29, 1.82) is 0 Å². The van der Waals surface area contributed by atoms with Gasteiger partial charge in [0.05, 0.1) is 29.7 Å². The Morgan fingerprint density at radius 2 is 1.51 bits per heavy atom. The Kier molecular flexibility index (Phi) is 8.72. The van der Waals surface area contributed by atoms with Crippen LogP contribution >= 0.6 is 0 Å². The molecule has 0 aliphatic rings. The molecule has 0 amide bonds. The molecule has 0 atom stereocenters. The van der Waals surface area contributed by atoms with Gasteiger partial charge in [0.1, 0.15) is 37.7 Å². The lowest BCUT2D eigenvalue weighted by molar-refractivity contribution is -0.137. The maximum Gasteiger partial charge on any atom is 0.323 e. The van der Waals surface area contributed by atoms with Gasteiger partial charge >= 0.3 is 17.9 Å². The van der Waals surface area contributed by atoms with Crippen molar-refractivity contribution in [2.24, 2.45) is 0 Å². The molecule has 2 aromatic carbocycles. The molecule has 11 nitrogen and oxygen atoms in total. The molecule has 3 rings (SSSR count). The number of aliphatic carboxylic acids is 3. The highest BCUT2D eigenvalue weighted by Gasteiger charge is 2.19. The fourth-order valence-electron chi connectivity index (χ4n) is 3.90. The molecule has 0 bridgehead atoms. The number of rotatable bonds is 13. The number of carbonyl (C=O) groups is 3. The highest BCUT2D eigenvalue weighted by Crippen LogP contribution is 2.33. The lowest BCUT2D eigenvalue weighted by Gasteiger charge is -2.24. The van der Waals surface area contributed by atoms with Gasteiger partial charge in [0.25, 0.3) is 0 Å². The number of aryl methyl sites for hydroxylation is 1. The van der Waals surface area contributed by atoms with Gasteiger partial charge < -0.3 is 34.6 Å². The molecule has 0 spiro atoms. The van der Waals surface area contributed by atoms with E-state index in [2.05, 4.69) is 0 Å². The zero-order valence-electron chi connectivity index (χ0n) is 20.8. The number of benzene rings is 2. The number of anilines is 2. The first-order valence-electron chi connectivity index (χ1n) is 11.5. The van der Waals surface area contributed by atoms with E-state index in [-0.39, 0.29) is 13.2 Å². The van der Waals surface area contributed by atoms with E-state index in [4.69, 9.17) is 14.5 Å². The number of hydrogen-bond donors (Lipinski definition) is 3. The van der Waals surface area contributed by atoms with Crippen LogP contribution in [0, 0.1) is 6.92 Å². The van der Waals surface area contributed by atoms with E-state index in [0.717, 1.165) is 10.9 Å². The third kappa shape index (κ3) is 7.00. The van der Waals surface area contributed by atoms with Crippen LogP contribution in [-0.4, -0.2) is 71.5 Å². The molecule has 11 heteroatoms. The van der Waals surface area contributed by atoms with Gasteiger partial charge in [-0.1, -0.05) is 12.1 Å². The SMILES string of the molecule is CCN(CC(=O)O)c1cc(OC)cc2ccc(COc3cc(C)ccc3N(CC(=O)O)CC(=O)O)nc12. The predicted octanol–water partition coefficient (Wildman–Crippen LogP) is 3.02. The molecule has 196 valence electrons. The maximum atomic E-state index is 11.4. The normalized spacial score (nSPS) is 10.7. The van der Waals surface area contributed by atoms with Crippen LogP contribution in [0.5, 0.6) is 11.5 Å². The number of nitrogens with zero attached hydrogens (tertiary/aromatic N) is 3. The Hall–Kier alpha value is -4.54. The molecular weight excluding hydrogens is 482 g/mol. The Morgan fingerprint density at radius 1 is 0.865 bits per heavy atom. The van der Waals surface area contributed by atoms with E-state index < -0.39 is 31.0 Å². The van der Waals surface area contributed by atoms with E-state index in [1.807, 2.05) is 19.9 Å². The summed E-state index contributed by atoms with van der Waals surface area (Å²) in [7, 11) is 1.53. The summed E-state index contributed by atoms with van der Waals surface area (Å²) < 4.78 is 11.4. The second-order valence-corrected chi connectivity index (χ2v) is 8.33. The predicted molar refractivity (Wildman–Crippen MR) is 137 cm³/mol. The van der Waals surface area contributed by atoms with Gasteiger partial charge in [-0.2, -0.15) is 0 Å². The number of likely N-dealkylation sites (N-methyl/N-ethyl adjacent to an activating group) is 1. The summed E-state index contributed by atoms with van der Waals surface area (Å²) in [6, 6.07) is 12.2. The van der Waals surface area contributed by atoms with E-state index in [0.29, 0.717) is 40.6 Å². The van der Waals surface area contributed by atoms with Crippen molar-refractivity contribution in [2.75, 3.05) is 43.1 Å². The molecule has 1 heterocycles. The third-order valence-corrected chi connectivity index (χ3v) is 5.57. The fourth-order valence-corrected chi connectivity index (χ4v) is 3.90. The zero-order valence-corrected chi connectivity index (χ0v) is 20.8. The van der Waals surface area contributed by atoms with Gasteiger partial charge in [0.2, 0.25) is 0 Å². The monoisotopic (exact) mass is 511 g/mol. The van der Waals surface area contributed by atoms with Crippen molar-refractivity contribution >= 4 is 40.2 Å². The minimum absolute atomic E-state index is 0.0108. The molecule has 0 saturated heterocycles. The van der Waals surface area contributed by atoms with Crippen LogP contribution in [0.15, 0.2) is 42.5 Å². The molecular formula is C26H29N3O8. The van der Waals surface area contributed by atoms with Gasteiger partial charge in [0, 0.05) is 18.0 Å². The number of carboxylic acid groups (broad SMARTS) is 3. The quantitative estimate of drug-likeness (QED) is 0.311. The van der Waals surface area contributed by atoms with Gasteiger partial charge in [-0.05, 0) is 43.7 Å². The summed E-state index contributed by atoms with van der Waals surface area (Å²) in [6.45, 7) is 2.90. The summed E-state index contributed by atoms with van der Waals surface area (Å²) in [4.78, 5) is 41.7. The highest BCUT2D eigenvalue weighted by molar-refractivity contribution is 5.94. The molecule has 3 N–H and O–H groups in total. The van der Waals surface area contributed by atoms with Gasteiger partial charge in [-0.15, -0.1) is 0 Å². The van der Waals surface area contributed by atoms with Gasteiger partial charge in [-0.25, -0.2) is 4.98 Å². The Balaban J connectivity index is 1.97. The number of aromatic nitrogens is 1. The van der Waals surface area contributed by atoms with E-state index >= 15 is 0 Å². The summed E-state index contributed by atoms with van der Waals surface area (Å²) in [5.74, 6) is -2.43. The summed E-state index contributed by atoms with van der Waals surface area (Å²) in [5.41, 5.74) is 2.90. The second-order valence-electron chi connectivity index (χ2n) is 8.33. The number of hydrogen-bond acceptors (Lipinski definition) is 8. The van der Waals surface area contributed by atoms with Crippen molar-refractivity contribution in [3.63, 3.8) is 0 Å². The number of carboxylic acids is 3. The standard InChI is InChI=1S/C26H29N3O8/c1-4-28(12-23(30)31)21-11-19(36-3)10-17-6-7-18(27-26(17)21)15-37-22-9-16(2)5-8-20(22)29(13-24(32)33)14-25(34)35/h5-11H,4,12-15H2,1-3H3,(H,30,31)(H,32,33)(H,34,35). The van der Waals surface area contributed by atoms with Crippen molar-refractivity contribution < 1.29 is 39.2 Å². The second kappa shape index (κ2) is 11.9. The van der Waals surface area contributed by atoms with Crippen LogP contribution in [0.2, 0.25) is 0 Å². The van der Waals surface area contributed by atoms with E-state index in [1.165, 1.54) is 12.0 Å². The minimum Gasteiger partial charge on any atom is -0.497 e. The van der Waals surface area contributed by atoms with Crippen molar-refractivity contribution in [1.82, 2.24) is 4.98 Å². The van der Waals surface area contributed by atoms with Crippen molar-refractivity contribution in [2.45, 2.75) is 20.5 Å². The summed E-state index contributed by atoms with van der Waals surface area (Å²) >= 11 is 0. The topological polar surface area (TPSA) is 150 Å². The molecule has 37 heavy (non-hydrogen) atoms. The minimum atomic E-state index is -1.17. The molecule has 0 radical (unpaired) electrons. The Labute approximate surface area is 213 Å². The Morgan fingerprint density at radius 3 is 2.11 bits per heavy atom. The Bertz CT molecular complexity index is 1290. The fraction of sp³-hybridized carbons (Fsp3) is 0.308. The molecule has 0 fully saturated rings. The van der Waals surface area contributed by atoms with E-state index in [9.17, 15) is 29.7 Å². The molecule has 0 saturated carbocycles. The first kappa shape index (κ1) is 27.1. The van der Waals surface area contributed by atoms with Crippen molar-refractivity contribution in [3.05, 3.63) is 53.7 Å². The zero-order chi connectivity index (χ0) is 27.1. The highest BCUT2D eigenvalue weighted by atomic mass is 16.5. The van der Waals surface area contributed by atoms with Crippen LogP contribution in [0.4, 0.5) is 11.4 Å². The third-order valence-electron chi connectivity index (χ3n) is 5.57. The lowest BCUT2D eigenvalue weighted by atomic mass is 10.1. The van der Waals surface area contributed by atoms with Crippen LogP contribution in [0.25, 0.3) is 10.9 Å². The van der Waals surface area contributed by atoms with Crippen LogP contribution in [0.1, 0.15) is 18.2 Å². The molecule has 0 aliphatic carbocycles. The molecule has 0 aliphatic heterocycles. The van der Waals surface area contributed by atoms with Crippen LogP contribution < -0.4 is 19.3 Å². The average molecular weight is 512 g/mol. The summed E-state index contributed by atoms with van der Waals surface area (Å²) in [6.07, 6.45) is 0. The van der Waals surface area contributed by atoms with E-state index in [1.54, 1.807) is 41.3 Å². The number of methoxy groups -OCH3 is 1. The van der Waals surface area contributed by atoms with Gasteiger partial charge in [-0.3, -0.25) is 14.4 Å². The average Bonchev–Trinajstić information content (AvgIpc) is 2.84. The van der Waals surface area contributed by atoms with Crippen molar-refractivity contribution in [3.8, 4) is 11.5 Å². The van der Waals surface area contributed by atoms with Crippen LogP contribution in [0.3, 0.4) is 0 Å². The smallest absolute Gasteiger partial charge is 0.323 e. The van der Waals surface area contributed by atoms with Gasteiger partial charge in [0.15, 0.2) is 0 Å². The van der Waals surface area contributed by atoms with Crippen LogP contribution in [-0.2, 0) is 21.0 Å².